The van der Waals surface area contributed by atoms with Gasteiger partial charge in [0.05, 0.1) is 27.2 Å². The van der Waals surface area contributed by atoms with Gasteiger partial charge in [0.25, 0.3) is 0 Å². The molecule has 7 N–H and O–H groups in total. The summed E-state index contributed by atoms with van der Waals surface area (Å²) in [5.74, 6) is -4.95. The lowest BCUT2D eigenvalue weighted by Gasteiger charge is -2.26. The van der Waals surface area contributed by atoms with E-state index < -0.39 is 63.7 Å². The number of hydrogen-bond donors (Lipinski definition) is 5. The molecule has 62 heavy (non-hydrogen) atoms. The number of nitrogens with two attached hydrogens (primary N) is 2. The van der Waals surface area contributed by atoms with Gasteiger partial charge in [-0.3, -0.25) is 34.3 Å². The predicted molar refractivity (Wildman–Crippen MR) is 267 cm³/mol. The number of para-hydroxylation sites is 1. The van der Waals surface area contributed by atoms with Crippen molar-refractivity contribution in [1.82, 2.24) is 15.6 Å². The van der Waals surface area contributed by atoms with Crippen LogP contribution in [0.3, 0.4) is 0 Å². The van der Waals surface area contributed by atoms with E-state index in [-0.39, 0.29) is 122 Å². The number of aromatic hydroxyl groups is 1. The van der Waals surface area contributed by atoms with E-state index in [0.717, 1.165) is 26.9 Å². The van der Waals surface area contributed by atoms with Crippen molar-refractivity contribution in [2.45, 2.75) is 77.8 Å². The number of nitro benzene ring substituents is 1. The molecule has 0 saturated heterocycles. The molecule has 0 saturated carbocycles. The average Bonchev–Trinajstić information content (AvgIpc) is 3.60. The molecule has 340 valence electrons. The Morgan fingerprint density at radius 3 is 2.03 bits per heavy atom. The minimum Gasteiger partial charge on any atom is -0.502 e. The van der Waals surface area contributed by atoms with Crippen molar-refractivity contribution in [1.29, 1.82) is 0 Å². The van der Waals surface area contributed by atoms with Gasteiger partial charge < -0.3 is 32.0 Å². The number of carbonyl (C=O) groups excluding carboxylic acids is 5. The van der Waals surface area contributed by atoms with Crippen molar-refractivity contribution < 1.29 is 34.0 Å². The maximum absolute atomic E-state index is 14.3. The summed E-state index contributed by atoms with van der Waals surface area (Å²) in [6.45, 7) is 5.29. The van der Waals surface area contributed by atoms with E-state index in [2.05, 4.69) is 36.5 Å². The van der Waals surface area contributed by atoms with Crippen LogP contribution < -0.4 is 22.1 Å². The van der Waals surface area contributed by atoms with Crippen LogP contribution in [0.15, 0.2) is 76.2 Å². The maximum atomic E-state index is 14.3. The second kappa shape index (κ2) is 27.8. The Labute approximate surface area is 401 Å². The number of guanidine groups is 1. The Hall–Kier alpha value is -4.15. The molecule has 4 rings (SSSR count). The molecule has 0 unspecified atom stereocenters. The molecule has 0 aliphatic rings. The second-order valence-corrected chi connectivity index (χ2v) is 16.6. The molecule has 1 heterocycles. The van der Waals surface area contributed by atoms with Crippen LogP contribution in [0, 0.1) is 27.9 Å². The summed E-state index contributed by atoms with van der Waals surface area (Å²) in [6, 6.07) is 16.2. The van der Waals surface area contributed by atoms with Crippen molar-refractivity contribution >= 4 is 132 Å². The number of benzene rings is 3. The number of nitro groups is 1. The van der Waals surface area contributed by atoms with Crippen molar-refractivity contribution in [3.63, 3.8) is 0 Å². The number of thiazole rings is 1. The van der Waals surface area contributed by atoms with E-state index >= 15 is 0 Å². The first-order valence-electron chi connectivity index (χ1n) is 18.8. The number of carbonyl (C=O) groups is 5. The Morgan fingerprint density at radius 1 is 0.871 bits per heavy atom. The number of hydrogen-bond acceptors (Lipinski definition) is 11. The molecule has 0 aliphatic carbocycles. The molecule has 0 bridgehead atoms. The molecular weight excluding hydrogens is 959 g/mol. The maximum Gasteiger partial charge on any atom is 0.310 e. The number of aromatic nitrogens is 1. The van der Waals surface area contributed by atoms with Crippen LogP contribution in [0.5, 0.6) is 5.75 Å². The standard InChI is InChI=1S/C41H48BrN7O8S.4H2S/c1-23(2)17-32(47-38(54)27(18-24(3)50)20-26-12-15-34(51)33(21-26)49(56)57)35(52)22-28(19-25-10-13-29(42)14-11-25)39(55)46-31(8-6-16-45-41(43)44)37(53)40-48-30-7-4-5-9-36(30)58-40;;;;/h4-5,7,9-15,21,23,27-28,31-32,51H,6,8,16-20,22H2,1-3H3,(H,46,55)(H,47,54)(H4,43,44,45);4*1H2/t27-,28+,31-,32-;;;;/m0..../s1. The summed E-state index contributed by atoms with van der Waals surface area (Å²) >= 11 is 4.64. The van der Waals surface area contributed by atoms with Crippen LogP contribution in [0.4, 0.5) is 5.69 Å². The van der Waals surface area contributed by atoms with Gasteiger partial charge in [-0.1, -0.05) is 60.1 Å². The smallest absolute Gasteiger partial charge is 0.310 e. The van der Waals surface area contributed by atoms with E-state index in [4.69, 9.17) is 11.5 Å². The van der Waals surface area contributed by atoms with Crippen LogP contribution in [0.1, 0.15) is 73.8 Å². The minimum atomic E-state index is -1.05. The molecule has 0 radical (unpaired) electrons. The van der Waals surface area contributed by atoms with Crippen LogP contribution in [-0.2, 0) is 32.0 Å². The van der Waals surface area contributed by atoms with Crippen molar-refractivity contribution in [2.75, 3.05) is 6.54 Å². The highest BCUT2D eigenvalue weighted by Crippen LogP contribution is 2.29. The molecule has 2 amide bonds. The Kier molecular flexibility index (Phi) is 26.0. The summed E-state index contributed by atoms with van der Waals surface area (Å²) in [7, 11) is 0. The number of phenols is 1. The van der Waals surface area contributed by atoms with Crippen molar-refractivity contribution in [2.24, 2.45) is 34.2 Å². The van der Waals surface area contributed by atoms with E-state index in [9.17, 15) is 39.2 Å². The molecule has 1 aromatic heterocycles. The van der Waals surface area contributed by atoms with Gasteiger partial charge in [0.2, 0.25) is 17.6 Å². The third-order valence-electron chi connectivity index (χ3n) is 9.33. The van der Waals surface area contributed by atoms with Crippen molar-refractivity contribution in [3.8, 4) is 5.75 Å². The largest absolute Gasteiger partial charge is 0.502 e. The number of aliphatic imine (C=N–C) groups is 1. The van der Waals surface area contributed by atoms with Crippen LogP contribution in [0.2, 0.25) is 0 Å². The molecule has 0 aliphatic heterocycles. The lowest BCUT2D eigenvalue weighted by Crippen LogP contribution is -2.48. The number of fused-ring (bicyclic) bond motifs is 1. The molecule has 4 aromatic rings. The van der Waals surface area contributed by atoms with Gasteiger partial charge in [0.1, 0.15) is 5.78 Å². The monoisotopic (exact) mass is 1010 g/mol. The van der Waals surface area contributed by atoms with Crippen molar-refractivity contribution in [3.05, 3.63) is 97.5 Å². The molecular formula is C41H56BrN7O8S5. The van der Waals surface area contributed by atoms with Crippen LogP contribution in [0.25, 0.3) is 10.2 Å². The highest BCUT2D eigenvalue weighted by Gasteiger charge is 2.33. The van der Waals surface area contributed by atoms with E-state index in [0.29, 0.717) is 17.5 Å². The third-order valence-corrected chi connectivity index (χ3v) is 10.9. The Bertz CT molecular complexity index is 2140. The topological polar surface area (TPSA) is 250 Å². The summed E-state index contributed by atoms with van der Waals surface area (Å²) < 4.78 is 1.63. The normalized spacial score (nSPS) is 12.4. The number of ketones is 3. The SMILES string of the molecule is CC(=O)C[C@@H](Cc1ccc(O)c([N+](=O)[O-])c1)C(=O)N[C@@H](CC(C)C)C(=O)C[C@@H](Cc1ccc(Br)cc1)C(=O)N[C@@H](CCCN=C(N)N)C(=O)c1nc2ccccc2s1.S.S.S.S. The lowest BCUT2D eigenvalue weighted by molar-refractivity contribution is -0.385. The number of rotatable bonds is 22. The van der Waals surface area contributed by atoms with Gasteiger partial charge in [-0.2, -0.15) is 54.0 Å². The fraction of sp³-hybridized carbons (Fsp3) is 0.390. The summed E-state index contributed by atoms with van der Waals surface area (Å²) in [5, 5.41) is 27.3. The molecule has 0 spiro atoms. The summed E-state index contributed by atoms with van der Waals surface area (Å²) in [6.07, 6.45) is 0.328. The molecule has 4 atom stereocenters. The second-order valence-electron chi connectivity index (χ2n) is 14.6. The number of phenolic OH excluding ortho intramolecular Hbond substituents is 1. The van der Waals surface area contributed by atoms with Gasteiger partial charge >= 0.3 is 5.69 Å². The molecule has 0 fully saturated rings. The van der Waals surface area contributed by atoms with Gasteiger partial charge in [0.15, 0.2) is 22.5 Å². The Balaban J connectivity index is 0.00000930. The first-order chi connectivity index (χ1) is 27.5. The number of nitrogens with zero attached hydrogens (tertiary/aromatic N) is 3. The first kappa shape index (κ1) is 57.9. The van der Waals surface area contributed by atoms with Crippen LogP contribution >= 0.6 is 81.2 Å². The van der Waals surface area contributed by atoms with Gasteiger partial charge in [0, 0.05) is 41.8 Å². The number of halogens is 1. The van der Waals surface area contributed by atoms with Gasteiger partial charge in [-0.15, -0.1) is 11.3 Å². The fourth-order valence-electron chi connectivity index (χ4n) is 6.50. The number of nitrogens with one attached hydrogen (secondary N) is 2. The summed E-state index contributed by atoms with van der Waals surface area (Å²) in [5.41, 5.74) is 12.2. The molecule has 3 aromatic carbocycles. The van der Waals surface area contributed by atoms with Gasteiger partial charge in [-0.05, 0) is 86.4 Å². The highest BCUT2D eigenvalue weighted by atomic mass is 79.9. The Morgan fingerprint density at radius 2 is 1.45 bits per heavy atom. The van der Waals surface area contributed by atoms with E-state index in [1.54, 1.807) is 6.07 Å². The third kappa shape index (κ3) is 17.9. The average molecular weight is 1020 g/mol. The lowest BCUT2D eigenvalue weighted by atomic mass is 9.88. The first-order valence-corrected chi connectivity index (χ1v) is 20.4. The zero-order valence-electron chi connectivity index (χ0n) is 34.5. The number of amides is 2. The van der Waals surface area contributed by atoms with Gasteiger partial charge in [-0.25, -0.2) is 4.98 Å². The zero-order valence-corrected chi connectivity index (χ0v) is 40.9. The molecule has 21 heteroatoms. The highest BCUT2D eigenvalue weighted by molar-refractivity contribution is 9.10. The molecule has 15 nitrogen and oxygen atoms in total. The predicted octanol–water partition coefficient (Wildman–Crippen LogP) is 6.03. The zero-order chi connectivity index (χ0) is 42.5. The number of Topliss-reactive ketones (excluding diaryl/α,β-unsaturated/α-hetero) is 3. The fourth-order valence-corrected chi connectivity index (χ4v) is 7.72. The van der Waals surface area contributed by atoms with E-state index in [1.165, 1.54) is 24.3 Å². The quantitative estimate of drug-likeness (QED) is 0.0152. The summed E-state index contributed by atoms with van der Waals surface area (Å²) in [4.78, 5) is 87.9. The minimum absolute atomic E-state index is 0. The van der Waals surface area contributed by atoms with Crippen LogP contribution in [-0.4, -0.2) is 68.8 Å². The van der Waals surface area contributed by atoms with E-state index in [1.807, 2.05) is 56.3 Å².